The summed E-state index contributed by atoms with van der Waals surface area (Å²) < 4.78 is 10.8. The summed E-state index contributed by atoms with van der Waals surface area (Å²) in [6.45, 7) is 4.79. The zero-order chi connectivity index (χ0) is 13.5. The Kier molecular flexibility index (Phi) is 5.45. The Labute approximate surface area is 107 Å². The molecule has 0 fully saturated rings. The van der Waals surface area contributed by atoms with E-state index in [0.29, 0.717) is 30.3 Å². The predicted molar refractivity (Wildman–Crippen MR) is 68.0 cm³/mol. The van der Waals surface area contributed by atoms with E-state index in [1.807, 2.05) is 13.8 Å². The summed E-state index contributed by atoms with van der Waals surface area (Å²) in [4.78, 5) is 10.7. The number of benzene rings is 1. The van der Waals surface area contributed by atoms with E-state index in [1.165, 1.54) is 0 Å². The number of ether oxygens (including phenoxy) is 2. The predicted octanol–water partition coefficient (Wildman–Crippen LogP) is 1.96. The lowest BCUT2D eigenvalue weighted by atomic mass is 10.0. The van der Waals surface area contributed by atoms with Crippen LogP contribution in [0.2, 0.25) is 0 Å². The van der Waals surface area contributed by atoms with Gasteiger partial charge in [-0.25, -0.2) is 0 Å². The average Bonchev–Trinajstić information content (AvgIpc) is 2.30. The maximum atomic E-state index is 10.7. The normalized spacial score (nSPS) is 11.9. The van der Waals surface area contributed by atoms with Gasteiger partial charge in [-0.15, -0.1) is 0 Å². The van der Waals surface area contributed by atoms with Crippen molar-refractivity contribution in [1.29, 1.82) is 0 Å². The maximum Gasteiger partial charge on any atom is 0.305 e. The summed E-state index contributed by atoms with van der Waals surface area (Å²) in [5.74, 6) is 0.332. The monoisotopic (exact) mass is 253 g/mol. The highest BCUT2D eigenvalue weighted by atomic mass is 16.5. The van der Waals surface area contributed by atoms with E-state index in [-0.39, 0.29) is 6.42 Å². The lowest BCUT2D eigenvalue weighted by molar-refractivity contribution is -0.137. The van der Waals surface area contributed by atoms with Crippen molar-refractivity contribution in [2.24, 2.45) is 5.73 Å². The van der Waals surface area contributed by atoms with Crippen molar-refractivity contribution < 1.29 is 19.4 Å². The molecule has 1 aromatic carbocycles. The topological polar surface area (TPSA) is 81.8 Å². The molecule has 0 amide bonds. The highest BCUT2D eigenvalue weighted by Gasteiger charge is 2.16. The SMILES string of the molecule is CCOc1ccc(OCC)c(C(N)CC(=O)O)c1. The van der Waals surface area contributed by atoms with E-state index < -0.39 is 12.0 Å². The molecule has 0 heterocycles. The lowest BCUT2D eigenvalue weighted by Gasteiger charge is -2.16. The van der Waals surface area contributed by atoms with Gasteiger partial charge in [0, 0.05) is 11.6 Å². The number of nitrogens with two attached hydrogens (primary N) is 1. The largest absolute Gasteiger partial charge is 0.494 e. The van der Waals surface area contributed by atoms with E-state index in [9.17, 15) is 4.79 Å². The van der Waals surface area contributed by atoms with Crippen LogP contribution < -0.4 is 15.2 Å². The van der Waals surface area contributed by atoms with Crippen LogP contribution in [0.5, 0.6) is 11.5 Å². The van der Waals surface area contributed by atoms with Crippen LogP contribution in [0, 0.1) is 0 Å². The Morgan fingerprint density at radius 2 is 2.00 bits per heavy atom. The molecule has 0 spiro atoms. The van der Waals surface area contributed by atoms with Crippen LogP contribution in [-0.2, 0) is 4.79 Å². The molecule has 100 valence electrons. The minimum atomic E-state index is -0.938. The Morgan fingerprint density at radius 1 is 1.33 bits per heavy atom. The molecule has 1 aromatic rings. The summed E-state index contributed by atoms with van der Waals surface area (Å²) in [7, 11) is 0. The van der Waals surface area contributed by atoms with Gasteiger partial charge in [-0.1, -0.05) is 0 Å². The third-order valence-electron chi connectivity index (χ3n) is 2.39. The molecule has 1 rings (SSSR count). The summed E-state index contributed by atoms with van der Waals surface area (Å²) in [6.07, 6.45) is -0.143. The van der Waals surface area contributed by atoms with Gasteiger partial charge in [-0.3, -0.25) is 4.79 Å². The van der Waals surface area contributed by atoms with Gasteiger partial charge in [-0.2, -0.15) is 0 Å². The summed E-state index contributed by atoms with van der Waals surface area (Å²) in [5.41, 5.74) is 6.53. The van der Waals surface area contributed by atoms with Crippen LogP contribution in [0.1, 0.15) is 31.9 Å². The highest BCUT2D eigenvalue weighted by Crippen LogP contribution is 2.30. The van der Waals surface area contributed by atoms with E-state index in [0.717, 1.165) is 0 Å². The van der Waals surface area contributed by atoms with Crippen molar-refractivity contribution in [2.45, 2.75) is 26.3 Å². The van der Waals surface area contributed by atoms with Crippen LogP contribution >= 0.6 is 0 Å². The van der Waals surface area contributed by atoms with Gasteiger partial charge in [0.2, 0.25) is 0 Å². The molecule has 0 radical (unpaired) electrons. The molecular weight excluding hydrogens is 234 g/mol. The molecule has 1 unspecified atom stereocenters. The highest BCUT2D eigenvalue weighted by molar-refractivity contribution is 5.68. The molecule has 0 aliphatic heterocycles. The Hall–Kier alpha value is -1.75. The van der Waals surface area contributed by atoms with E-state index >= 15 is 0 Å². The molecule has 0 saturated carbocycles. The number of hydrogen-bond acceptors (Lipinski definition) is 4. The number of carboxylic acids is 1. The molecule has 5 nitrogen and oxygen atoms in total. The van der Waals surface area contributed by atoms with Crippen molar-refractivity contribution >= 4 is 5.97 Å². The number of rotatable bonds is 7. The molecule has 18 heavy (non-hydrogen) atoms. The molecule has 0 aliphatic rings. The first-order valence-electron chi connectivity index (χ1n) is 5.95. The van der Waals surface area contributed by atoms with E-state index in [2.05, 4.69) is 0 Å². The Balaban J connectivity index is 3.01. The molecule has 0 bridgehead atoms. The number of hydrogen-bond donors (Lipinski definition) is 2. The van der Waals surface area contributed by atoms with Gasteiger partial charge >= 0.3 is 5.97 Å². The van der Waals surface area contributed by atoms with E-state index in [1.54, 1.807) is 18.2 Å². The molecule has 5 heteroatoms. The quantitative estimate of drug-likeness (QED) is 0.776. The molecule has 0 aliphatic carbocycles. The van der Waals surface area contributed by atoms with Crippen molar-refractivity contribution in [1.82, 2.24) is 0 Å². The molecule has 3 N–H and O–H groups in total. The first-order valence-corrected chi connectivity index (χ1v) is 5.95. The van der Waals surface area contributed by atoms with E-state index in [4.69, 9.17) is 20.3 Å². The van der Waals surface area contributed by atoms with Crippen molar-refractivity contribution in [2.75, 3.05) is 13.2 Å². The Bertz CT molecular complexity index is 406. The number of carboxylic acid groups (broad SMARTS) is 1. The van der Waals surface area contributed by atoms with Gasteiger partial charge < -0.3 is 20.3 Å². The third-order valence-corrected chi connectivity index (χ3v) is 2.39. The van der Waals surface area contributed by atoms with Crippen molar-refractivity contribution in [3.63, 3.8) is 0 Å². The minimum absolute atomic E-state index is 0.143. The van der Waals surface area contributed by atoms with Crippen LogP contribution in [0.15, 0.2) is 18.2 Å². The van der Waals surface area contributed by atoms with Gasteiger partial charge in [0.1, 0.15) is 11.5 Å². The smallest absolute Gasteiger partial charge is 0.305 e. The average molecular weight is 253 g/mol. The van der Waals surface area contributed by atoms with Gasteiger partial charge in [-0.05, 0) is 32.0 Å². The summed E-state index contributed by atoms with van der Waals surface area (Å²) in [5, 5.41) is 8.79. The van der Waals surface area contributed by atoms with Gasteiger partial charge in [0.15, 0.2) is 0 Å². The fourth-order valence-corrected chi connectivity index (χ4v) is 1.66. The summed E-state index contributed by atoms with van der Waals surface area (Å²) >= 11 is 0. The summed E-state index contributed by atoms with van der Waals surface area (Å²) in [6, 6.07) is 4.67. The molecule has 1 atom stereocenters. The number of carbonyl (C=O) groups is 1. The van der Waals surface area contributed by atoms with Crippen LogP contribution in [-0.4, -0.2) is 24.3 Å². The van der Waals surface area contributed by atoms with Gasteiger partial charge in [0.25, 0.3) is 0 Å². The Morgan fingerprint density at radius 3 is 2.56 bits per heavy atom. The molecular formula is C13H19NO4. The second-order valence-corrected chi connectivity index (χ2v) is 3.77. The standard InChI is InChI=1S/C13H19NO4/c1-3-17-9-5-6-12(18-4-2)10(7-9)11(14)8-13(15)16/h5-7,11H,3-4,8,14H2,1-2H3,(H,15,16). The molecule has 0 saturated heterocycles. The number of aliphatic carboxylic acids is 1. The van der Waals surface area contributed by atoms with Crippen LogP contribution in [0.25, 0.3) is 0 Å². The zero-order valence-electron chi connectivity index (χ0n) is 10.7. The van der Waals surface area contributed by atoms with Crippen LogP contribution in [0.3, 0.4) is 0 Å². The van der Waals surface area contributed by atoms with Crippen LogP contribution in [0.4, 0.5) is 0 Å². The first kappa shape index (κ1) is 14.3. The third kappa shape index (κ3) is 3.92. The van der Waals surface area contributed by atoms with Crippen molar-refractivity contribution in [3.8, 4) is 11.5 Å². The fourth-order valence-electron chi connectivity index (χ4n) is 1.66. The minimum Gasteiger partial charge on any atom is -0.494 e. The maximum absolute atomic E-state index is 10.7. The fraction of sp³-hybridized carbons (Fsp3) is 0.462. The second-order valence-electron chi connectivity index (χ2n) is 3.77. The second kappa shape index (κ2) is 6.86. The van der Waals surface area contributed by atoms with Crippen molar-refractivity contribution in [3.05, 3.63) is 23.8 Å². The zero-order valence-corrected chi connectivity index (χ0v) is 10.7. The molecule has 0 aromatic heterocycles. The lowest BCUT2D eigenvalue weighted by Crippen LogP contribution is -2.16. The first-order chi connectivity index (χ1) is 8.58. The van der Waals surface area contributed by atoms with Gasteiger partial charge in [0.05, 0.1) is 19.6 Å².